The van der Waals surface area contributed by atoms with Crippen LogP contribution in [0.4, 0.5) is 0 Å². The molecule has 0 amide bonds. The van der Waals surface area contributed by atoms with E-state index in [1.54, 1.807) is 0 Å². The Bertz CT molecular complexity index is 346. The van der Waals surface area contributed by atoms with Crippen LogP contribution in [0.15, 0.2) is 18.2 Å². The number of rotatable bonds is 3. The SMILES string of the molecule is CCc1ccc(CN2CCOCC2)c(O)c1. The minimum absolute atomic E-state index is 0.422. The minimum Gasteiger partial charge on any atom is -0.508 e. The fourth-order valence-corrected chi connectivity index (χ4v) is 1.96. The molecule has 1 aliphatic rings. The van der Waals surface area contributed by atoms with Crippen molar-refractivity contribution in [3.8, 4) is 5.75 Å². The van der Waals surface area contributed by atoms with Gasteiger partial charge in [-0.05, 0) is 18.1 Å². The van der Waals surface area contributed by atoms with Crippen molar-refractivity contribution in [2.75, 3.05) is 26.3 Å². The van der Waals surface area contributed by atoms with Crippen LogP contribution in [0.5, 0.6) is 5.75 Å². The fourth-order valence-electron chi connectivity index (χ4n) is 1.96. The summed E-state index contributed by atoms with van der Waals surface area (Å²) in [5.74, 6) is 0.422. The van der Waals surface area contributed by atoms with E-state index in [-0.39, 0.29) is 0 Å². The molecule has 1 heterocycles. The number of nitrogens with zero attached hydrogens (tertiary/aromatic N) is 1. The maximum Gasteiger partial charge on any atom is 0.120 e. The van der Waals surface area contributed by atoms with Crippen molar-refractivity contribution in [1.82, 2.24) is 4.90 Å². The normalized spacial score (nSPS) is 17.6. The van der Waals surface area contributed by atoms with Crippen molar-refractivity contribution in [2.45, 2.75) is 19.9 Å². The van der Waals surface area contributed by atoms with Crippen LogP contribution in [-0.4, -0.2) is 36.3 Å². The molecule has 88 valence electrons. The molecule has 3 nitrogen and oxygen atoms in total. The standard InChI is InChI=1S/C13H19NO2/c1-2-11-3-4-12(13(15)9-11)10-14-5-7-16-8-6-14/h3-4,9,15H,2,5-8,10H2,1H3. The summed E-state index contributed by atoms with van der Waals surface area (Å²) in [4.78, 5) is 2.31. The highest BCUT2D eigenvalue weighted by molar-refractivity contribution is 5.36. The predicted octanol–water partition coefficient (Wildman–Crippen LogP) is 1.79. The Morgan fingerprint density at radius 1 is 1.31 bits per heavy atom. The summed E-state index contributed by atoms with van der Waals surface area (Å²) in [5, 5.41) is 9.90. The van der Waals surface area contributed by atoms with E-state index in [9.17, 15) is 5.11 Å². The van der Waals surface area contributed by atoms with Crippen molar-refractivity contribution in [3.05, 3.63) is 29.3 Å². The Kier molecular flexibility index (Phi) is 3.80. The van der Waals surface area contributed by atoms with Gasteiger partial charge in [-0.2, -0.15) is 0 Å². The van der Waals surface area contributed by atoms with Crippen molar-refractivity contribution in [2.24, 2.45) is 0 Å². The van der Waals surface area contributed by atoms with Crippen LogP contribution in [0, 0.1) is 0 Å². The molecular weight excluding hydrogens is 202 g/mol. The van der Waals surface area contributed by atoms with E-state index < -0.39 is 0 Å². The lowest BCUT2D eigenvalue weighted by molar-refractivity contribution is 0.0339. The first-order valence-corrected chi connectivity index (χ1v) is 5.90. The summed E-state index contributed by atoms with van der Waals surface area (Å²) in [6, 6.07) is 5.99. The van der Waals surface area contributed by atoms with Crippen LogP contribution >= 0.6 is 0 Å². The van der Waals surface area contributed by atoms with Gasteiger partial charge in [0.1, 0.15) is 5.75 Å². The third-order valence-corrected chi connectivity index (χ3v) is 3.06. The first-order chi connectivity index (χ1) is 7.79. The van der Waals surface area contributed by atoms with Crippen LogP contribution < -0.4 is 0 Å². The fraction of sp³-hybridized carbons (Fsp3) is 0.538. The van der Waals surface area contributed by atoms with E-state index in [0.717, 1.165) is 44.8 Å². The van der Waals surface area contributed by atoms with Crippen molar-refractivity contribution in [3.63, 3.8) is 0 Å². The van der Waals surface area contributed by atoms with Crippen LogP contribution in [-0.2, 0) is 17.7 Å². The summed E-state index contributed by atoms with van der Waals surface area (Å²) in [7, 11) is 0. The molecule has 0 saturated carbocycles. The third kappa shape index (κ3) is 2.74. The molecule has 1 saturated heterocycles. The van der Waals surface area contributed by atoms with Crippen LogP contribution in [0.2, 0.25) is 0 Å². The maximum atomic E-state index is 9.90. The van der Waals surface area contributed by atoms with Crippen LogP contribution in [0.25, 0.3) is 0 Å². The molecule has 1 N–H and O–H groups in total. The largest absolute Gasteiger partial charge is 0.508 e. The summed E-state index contributed by atoms with van der Waals surface area (Å²) in [6.07, 6.45) is 0.964. The molecule has 1 aliphatic heterocycles. The first-order valence-electron chi connectivity index (χ1n) is 5.90. The van der Waals surface area contributed by atoms with Gasteiger partial charge in [0.15, 0.2) is 0 Å². The number of aryl methyl sites for hydroxylation is 1. The molecule has 1 aromatic rings. The lowest BCUT2D eigenvalue weighted by Crippen LogP contribution is -2.35. The molecule has 0 bridgehead atoms. The number of phenols is 1. The molecule has 0 aliphatic carbocycles. The van der Waals surface area contributed by atoms with Gasteiger partial charge in [-0.25, -0.2) is 0 Å². The van der Waals surface area contributed by atoms with Crippen LogP contribution in [0.3, 0.4) is 0 Å². The number of morpholine rings is 1. The Labute approximate surface area is 96.6 Å². The van der Waals surface area contributed by atoms with Gasteiger partial charge in [0.05, 0.1) is 13.2 Å². The summed E-state index contributed by atoms with van der Waals surface area (Å²) in [6.45, 7) is 6.42. The van der Waals surface area contributed by atoms with Gasteiger partial charge >= 0.3 is 0 Å². The van der Waals surface area contributed by atoms with E-state index in [2.05, 4.69) is 17.9 Å². The van der Waals surface area contributed by atoms with Gasteiger partial charge in [-0.1, -0.05) is 19.1 Å². The summed E-state index contributed by atoms with van der Waals surface area (Å²) in [5.41, 5.74) is 2.20. The molecule has 0 radical (unpaired) electrons. The zero-order valence-corrected chi connectivity index (χ0v) is 9.78. The van der Waals surface area contributed by atoms with E-state index >= 15 is 0 Å². The topological polar surface area (TPSA) is 32.7 Å². The average Bonchev–Trinajstić information content (AvgIpc) is 2.33. The zero-order chi connectivity index (χ0) is 11.4. The monoisotopic (exact) mass is 221 g/mol. The number of phenolic OH excluding ortho intramolecular Hbond substituents is 1. The summed E-state index contributed by atoms with van der Waals surface area (Å²) >= 11 is 0. The molecule has 1 fully saturated rings. The second kappa shape index (κ2) is 5.32. The van der Waals surface area contributed by atoms with Gasteiger partial charge in [0.2, 0.25) is 0 Å². The number of hydrogen-bond donors (Lipinski definition) is 1. The Morgan fingerprint density at radius 2 is 2.06 bits per heavy atom. The predicted molar refractivity (Wildman–Crippen MR) is 63.6 cm³/mol. The average molecular weight is 221 g/mol. The van der Waals surface area contributed by atoms with E-state index in [1.807, 2.05) is 12.1 Å². The number of ether oxygens (including phenoxy) is 1. The number of aromatic hydroxyl groups is 1. The highest BCUT2D eigenvalue weighted by atomic mass is 16.5. The molecule has 0 unspecified atom stereocenters. The molecule has 0 aromatic heterocycles. The number of hydrogen-bond acceptors (Lipinski definition) is 3. The Morgan fingerprint density at radius 3 is 2.69 bits per heavy atom. The molecule has 0 spiro atoms. The number of benzene rings is 1. The third-order valence-electron chi connectivity index (χ3n) is 3.06. The lowest BCUT2D eigenvalue weighted by Gasteiger charge is -2.26. The Balaban J connectivity index is 2.03. The van der Waals surface area contributed by atoms with E-state index in [4.69, 9.17) is 4.74 Å². The van der Waals surface area contributed by atoms with Crippen molar-refractivity contribution < 1.29 is 9.84 Å². The maximum absolute atomic E-state index is 9.90. The van der Waals surface area contributed by atoms with E-state index in [1.165, 1.54) is 5.56 Å². The molecule has 16 heavy (non-hydrogen) atoms. The molecule has 3 heteroatoms. The summed E-state index contributed by atoms with van der Waals surface area (Å²) < 4.78 is 5.30. The minimum atomic E-state index is 0.422. The lowest BCUT2D eigenvalue weighted by atomic mass is 10.1. The van der Waals surface area contributed by atoms with E-state index in [0.29, 0.717) is 5.75 Å². The highest BCUT2D eigenvalue weighted by Gasteiger charge is 2.12. The molecule has 0 atom stereocenters. The van der Waals surface area contributed by atoms with Crippen LogP contribution in [0.1, 0.15) is 18.1 Å². The van der Waals surface area contributed by atoms with Crippen molar-refractivity contribution >= 4 is 0 Å². The molecule has 2 rings (SSSR count). The zero-order valence-electron chi connectivity index (χ0n) is 9.78. The van der Waals surface area contributed by atoms with Gasteiger partial charge in [0.25, 0.3) is 0 Å². The van der Waals surface area contributed by atoms with Gasteiger partial charge in [0, 0.05) is 25.2 Å². The first kappa shape index (κ1) is 11.4. The molecular formula is C13H19NO2. The highest BCUT2D eigenvalue weighted by Crippen LogP contribution is 2.21. The second-order valence-electron chi connectivity index (χ2n) is 4.21. The van der Waals surface area contributed by atoms with Crippen molar-refractivity contribution in [1.29, 1.82) is 0 Å². The smallest absolute Gasteiger partial charge is 0.120 e. The van der Waals surface area contributed by atoms with Gasteiger partial charge in [-0.3, -0.25) is 4.90 Å². The second-order valence-corrected chi connectivity index (χ2v) is 4.21. The van der Waals surface area contributed by atoms with Gasteiger partial charge < -0.3 is 9.84 Å². The molecule has 1 aromatic carbocycles. The van der Waals surface area contributed by atoms with Gasteiger partial charge in [-0.15, -0.1) is 0 Å². The Hall–Kier alpha value is -1.06. The quantitative estimate of drug-likeness (QED) is 0.844.